The normalized spacial score (nSPS) is 10.8. The molecule has 5 heteroatoms. The van der Waals surface area contributed by atoms with E-state index < -0.39 is 5.97 Å². The second kappa shape index (κ2) is 8.06. The van der Waals surface area contributed by atoms with Crippen molar-refractivity contribution in [1.82, 2.24) is 4.98 Å². The Morgan fingerprint density at radius 2 is 1.83 bits per heavy atom. The van der Waals surface area contributed by atoms with Gasteiger partial charge < -0.3 is 10.1 Å². The third-order valence-corrected chi connectivity index (χ3v) is 3.47. The number of benzene rings is 1. The minimum Gasteiger partial charge on any atom is -0.465 e. The molecule has 5 nitrogen and oxygen atoms in total. The molecule has 2 rings (SSSR count). The molecule has 0 unspecified atom stereocenters. The highest BCUT2D eigenvalue weighted by atomic mass is 16.5. The number of hydrogen-bond acceptors (Lipinski definition) is 4. The van der Waals surface area contributed by atoms with Crippen LogP contribution >= 0.6 is 0 Å². The van der Waals surface area contributed by atoms with Crippen molar-refractivity contribution in [2.24, 2.45) is 0 Å². The van der Waals surface area contributed by atoms with Crippen LogP contribution in [0.4, 0.5) is 5.82 Å². The molecule has 0 fully saturated rings. The van der Waals surface area contributed by atoms with E-state index in [1.54, 1.807) is 18.2 Å². The highest BCUT2D eigenvalue weighted by Crippen LogP contribution is 2.15. The first-order valence-corrected chi connectivity index (χ1v) is 7.63. The van der Waals surface area contributed by atoms with Crippen LogP contribution in [0.2, 0.25) is 0 Å². The third-order valence-electron chi connectivity index (χ3n) is 3.47. The first kappa shape index (κ1) is 17.4. The number of pyridine rings is 1. The molecule has 0 spiro atoms. The highest BCUT2D eigenvalue weighted by Gasteiger charge is 2.06. The van der Waals surface area contributed by atoms with Gasteiger partial charge in [0.05, 0.1) is 12.7 Å². The maximum absolute atomic E-state index is 11.9. The largest absolute Gasteiger partial charge is 0.465 e. The van der Waals surface area contributed by atoms with Gasteiger partial charge in [0.2, 0.25) is 5.91 Å². The maximum Gasteiger partial charge on any atom is 0.339 e. The predicted molar refractivity (Wildman–Crippen MR) is 93.8 cm³/mol. The second-order valence-corrected chi connectivity index (χ2v) is 5.57. The zero-order chi connectivity index (χ0) is 17.5. The van der Waals surface area contributed by atoms with Crippen LogP contribution in [-0.4, -0.2) is 24.0 Å². The molecule has 2 aromatic rings. The molecule has 0 aliphatic rings. The van der Waals surface area contributed by atoms with Crippen LogP contribution in [0, 0.1) is 0 Å². The number of esters is 1. The molecule has 1 aromatic carbocycles. The van der Waals surface area contributed by atoms with E-state index in [4.69, 9.17) is 0 Å². The van der Waals surface area contributed by atoms with Gasteiger partial charge in [-0.25, -0.2) is 9.78 Å². The lowest BCUT2D eigenvalue weighted by atomic mass is 10.0. The minimum absolute atomic E-state index is 0.291. The fourth-order valence-electron chi connectivity index (χ4n) is 2.04. The summed E-state index contributed by atoms with van der Waals surface area (Å²) in [5.74, 6) is 0.0872. The molecule has 0 aliphatic carbocycles. The summed E-state index contributed by atoms with van der Waals surface area (Å²) in [6, 6.07) is 11.1. The lowest BCUT2D eigenvalue weighted by Gasteiger charge is -2.05. The number of methoxy groups -OCH3 is 1. The van der Waals surface area contributed by atoms with Crippen LogP contribution in [0.15, 0.2) is 48.7 Å². The predicted octanol–water partition coefficient (Wildman–Crippen LogP) is 3.64. The number of ether oxygens (including phenoxy) is 1. The summed E-state index contributed by atoms with van der Waals surface area (Å²) in [4.78, 5) is 27.2. The number of amides is 1. The molecule has 0 saturated heterocycles. The van der Waals surface area contributed by atoms with Gasteiger partial charge in [-0.1, -0.05) is 38.1 Å². The van der Waals surface area contributed by atoms with E-state index in [0.29, 0.717) is 17.3 Å². The minimum atomic E-state index is -0.467. The summed E-state index contributed by atoms with van der Waals surface area (Å²) in [5.41, 5.74) is 2.53. The zero-order valence-corrected chi connectivity index (χ0v) is 13.9. The standard InChI is InChI=1S/C19H20N2O3/c1-13(2)15-7-4-14(5-8-15)6-11-18(22)21-17-10-9-16(12-20-17)19(23)24-3/h4-13H,1-3H3,(H,20,21,22)/b11-6+. The van der Waals surface area contributed by atoms with Gasteiger partial charge in [0.15, 0.2) is 0 Å². The number of carbonyl (C=O) groups excluding carboxylic acids is 2. The molecule has 1 N–H and O–H groups in total. The van der Waals surface area contributed by atoms with Gasteiger partial charge in [-0.3, -0.25) is 4.79 Å². The summed E-state index contributed by atoms with van der Waals surface area (Å²) in [5, 5.41) is 2.64. The third kappa shape index (κ3) is 4.78. The Labute approximate surface area is 141 Å². The van der Waals surface area contributed by atoms with Crippen LogP contribution in [0.5, 0.6) is 0 Å². The zero-order valence-electron chi connectivity index (χ0n) is 13.9. The number of nitrogens with one attached hydrogen (secondary N) is 1. The topological polar surface area (TPSA) is 68.3 Å². The molecule has 1 heterocycles. The number of hydrogen-bond donors (Lipinski definition) is 1. The number of anilines is 1. The highest BCUT2D eigenvalue weighted by molar-refractivity contribution is 6.01. The van der Waals surface area contributed by atoms with E-state index in [2.05, 4.69) is 41.0 Å². The molecule has 1 amide bonds. The average Bonchev–Trinajstić information content (AvgIpc) is 2.60. The van der Waals surface area contributed by atoms with E-state index in [-0.39, 0.29) is 5.91 Å². The van der Waals surface area contributed by atoms with E-state index in [1.807, 2.05) is 12.1 Å². The summed E-state index contributed by atoms with van der Waals surface area (Å²) in [7, 11) is 1.30. The summed E-state index contributed by atoms with van der Waals surface area (Å²) in [6.45, 7) is 4.27. The number of nitrogens with zero attached hydrogens (tertiary/aromatic N) is 1. The van der Waals surface area contributed by atoms with E-state index in [0.717, 1.165) is 5.56 Å². The molecule has 0 aliphatic heterocycles. The van der Waals surface area contributed by atoms with Gasteiger partial charge >= 0.3 is 5.97 Å². The van der Waals surface area contributed by atoms with Crippen molar-refractivity contribution in [1.29, 1.82) is 0 Å². The molecule has 0 radical (unpaired) electrons. The second-order valence-electron chi connectivity index (χ2n) is 5.57. The molecular weight excluding hydrogens is 304 g/mol. The molecular formula is C19H20N2O3. The van der Waals surface area contributed by atoms with Gasteiger partial charge in [-0.05, 0) is 35.3 Å². The fourth-order valence-corrected chi connectivity index (χ4v) is 2.04. The van der Waals surface area contributed by atoms with Gasteiger partial charge in [0.1, 0.15) is 5.82 Å². The van der Waals surface area contributed by atoms with Crippen molar-refractivity contribution >= 4 is 23.8 Å². The lowest BCUT2D eigenvalue weighted by molar-refractivity contribution is -0.111. The Morgan fingerprint density at radius 1 is 1.12 bits per heavy atom. The molecule has 1 aromatic heterocycles. The first-order valence-electron chi connectivity index (χ1n) is 7.63. The van der Waals surface area contributed by atoms with Crippen LogP contribution in [0.25, 0.3) is 6.08 Å². The van der Waals surface area contributed by atoms with Crippen LogP contribution in [0.1, 0.15) is 41.3 Å². The number of rotatable bonds is 5. The van der Waals surface area contributed by atoms with E-state index in [9.17, 15) is 9.59 Å². The monoisotopic (exact) mass is 324 g/mol. The van der Waals surface area contributed by atoms with Crippen molar-refractivity contribution in [3.8, 4) is 0 Å². The van der Waals surface area contributed by atoms with Gasteiger partial charge in [0.25, 0.3) is 0 Å². The Kier molecular flexibility index (Phi) is 5.84. The Hall–Kier alpha value is -2.95. The summed E-state index contributed by atoms with van der Waals surface area (Å²) < 4.78 is 4.59. The molecule has 0 saturated carbocycles. The van der Waals surface area contributed by atoms with Crippen molar-refractivity contribution in [3.63, 3.8) is 0 Å². The first-order chi connectivity index (χ1) is 11.5. The molecule has 124 valence electrons. The average molecular weight is 324 g/mol. The van der Waals surface area contributed by atoms with Gasteiger partial charge in [-0.15, -0.1) is 0 Å². The molecule has 0 atom stereocenters. The molecule has 0 bridgehead atoms. The van der Waals surface area contributed by atoms with Crippen molar-refractivity contribution in [2.75, 3.05) is 12.4 Å². The Morgan fingerprint density at radius 3 is 2.38 bits per heavy atom. The van der Waals surface area contributed by atoms with Crippen LogP contribution in [0.3, 0.4) is 0 Å². The lowest BCUT2D eigenvalue weighted by Crippen LogP contribution is -2.10. The van der Waals surface area contributed by atoms with Crippen LogP contribution < -0.4 is 5.32 Å². The van der Waals surface area contributed by atoms with Gasteiger partial charge in [0, 0.05) is 12.3 Å². The Balaban J connectivity index is 1.96. The van der Waals surface area contributed by atoms with E-state index in [1.165, 1.54) is 24.9 Å². The summed E-state index contributed by atoms with van der Waals surface area (Å²) in [6.07, 6.45) is 4.54. The fraction of sp³-hybridized carbons (Fsp3) is 0.211. The summed E-state index contributed by atoms with van der Waals surface area (Å²) >= 11 is 0. The number of aromatic nitrogens is 1. The smallest absolute Gasteiger partial charge is 0.339 e. The number of carbonyl (C=O) groups is 2. The Bertz CT molecular complexity index is 732. The van der Waals surface area contributed by atoms with Crippen molar-refractivity contribution in [3.05, 3.63) is 65.4 Å². The van der Waals surface area contributed by atoms with Crippen molar-refractivity contribution < 1.29 is 14.3 Å². The van der Waals surface area contributed by atoms with Gasteiger partial charge in [-0.2, -0.15) is 0 Å². The van der Waals surface area contributed by atoms with E-state index >= 15 is 0 Å². The van der Waals surface area contributed by atoms with Crippen LogP contribution in [-0.2, 0) is 9.53 Å². The quantitative estimate of drug-likeness (QED) is 0.673. The maximum atomic E-state index is 11.9. The van der Waals surface area contributed by atoms with Crippen molar-refractivity contribution in [2.45, 2.75) is 19.8 Å². The SMILES string of the molecule is COC(=O)c1ccc(NC(=O)/C=C/c2ccc(C(C)C)cc2)nc1. The molecule has 24 heavy (non-hydrogen) atoms.